The maximum Gasteiger partial charge on any atom is 0.309 e. The molecule has 0 radical (unpaired) electrons. The third-order valence-corrected chi connectivity index (χ3v) is 5.35. The molecule has 0 aromatic rings. The molecule has 0 aromatic carbocycles. The Morgan fingerprint density at radius 2 is 2.12 bits per heavy atom. The molecular weight excluding hydrogens is 212 g/mol. The summed E-state index contributed by atoms with van der Waals surface area (Å²) in [7, 11) is 0. The van der Waals surface area contributed by atoms with E-state index in [-0.39, 0.29) is 18.0 Å². The fraction of sp³-hybridized carbons (Fsp3) is 0.800. The summed E-state index contributed by atoms with van der Waals surface area (Å²) in [5.41, 5.74) is 3.29. The SMILES string of the molecule is CC1=C2[C@H]3OC(=O)[C@H](C)[C@@H]3CC[C@@]2(C)CCC1. The molecule has 2 nitrogen and oxygen atoms in total. The van der Waals surface area contributed by atoms with Crippen molar-refractivity contribution < 1.29 is 9.53 Å². The zero-order chi connectivity index (χ0) is 12.2. The van der Waals surface area contributed by atoms with E-state index in [1.807, 2.05) is 6.92 Å². The van der Waals surface area contributed by atoms with Crippen molar-refractivity contribution in [2.24, 2.45) is 17.3 Å². The van der Waals surface area contributed by atoms with Gasteiger partial charge in [-0.2, -0.15) is 0 Å². The van der Waals surface area contributed by atoms with Gasteiger partial charge in [0.15, 0.2) is 0 Å². The third kappa shape index (κ3) is 1.49. The second-order valence-corrected chi connectivity index (χ2v) is 6.46. The van der Waals surface area contributed by atoms with Crippen molar-refractivity contribution in [1.82, 2.24) is 0 Å². The molecule has 1 saturated heterocycles. The topological polar surface area (TPSA) is 26.3 Å². The fourth-order valence-electron chi connectivity index (χ4n) is 4.29. The number of carbonyl (C=O) groups is 1. The number of allylic oxidation sites excluding steroid dienone is 1. The van der Waals surface area contributed by atoms with Gasteiger partial charge in [0.1, 0.15) is 6.10 Å². The van der Waals surface area contributed by atoms with Crippen molar-refractivity contribution in [3.05, 3.63) is 11.1 Å². The highest BCUT2D eigenvalue weighted by Gasteiger charge is 2.52. The van der Waals surface area contributed by atoms with E-state index in [9.17, 15) is 4.79 Å². The molecule has 2 aliphatic carbocycles. The first-order valence-electron chi connectivity index (χ1n) is 6.93. The van der Waals surface area contributed by atoms with Crippen molar-refractivity contribution in [1.29, 1.82) is 0 Å². The first kappa shape index (κ1) is 11.3. The third-order valence-electron chi connectivity index (χ3n) is 5.35. The van der Waals surface area contributed by atoms with Gasteiger partial charge in [0.25, 0.3) is 0 Å². The van der Waals surface area contributed by atoms with Gasteiger partial charge in [-0.1, -0.05) is 19.4 Å². The normalized spacial score (nSPS) is 45.4. The maximum absolute atomic E-state index is 11.8. The first-order valence-corrected chi connectivity index (χ1v) is 6.93. The molecular formula is C15H22O2. The van der Waals surface area contributed by atoms with Crippen LogP contribution >= 0.6 is 0 Å². The monoisotopic (exact) mass is 234 g/mol. The molecule has 1 aliphatic heterocycles. The van der Waals surface area contributed by atoms with Crippen LogP contribution in [0, 0.1) is 17.3 Å². The van der Waals surface area contributed by atoms with Gasteiger partial charge in [-0.3, -0.25) is 4.79 Å². The second kappa shape index (κ2) is 3.60. The van der Waals surface area contributed by atoms with Crippen LogP contribution in [0.15, 0.2) is 11.1 Å². The van der Waals surface area contributed by atoms with Crippen molar-refractivity contribution in [3.8, 4) is 0 Å². The molecule has 94 valence electrons. The Kier molecular flexibility index (Phi) is 2.39. The second-order valence-electron chi connectivity index (χ2n) is 6.46. The highest BCUT2D eigenvalue weighted by molar-refractivity contribution is 5.75. The van der Waals surface area contributed by atoms with Crippen LogP contribution in [0.1, 0.15) is 52.9 Å². The summed E-state index contributed by atoms with van der Waals surface area (Å²) in [5, 5.41) is 0. The molecule has 0 aromatic heterocycles. The van der Waals surface area contributed by atoms with Crippen LogP contribution in [-0.2, 0) is 9.53 Å². The van der Waals surface area contributed by atoms with Gasteiger partial charge in [0.2, 0.25) is 0 Å². The van der Waals surface area contributed by atoms with E-state index in [2.05, 4.69) is 13.8 Å². The summed E-state index contributed by atoms with van der Waals surface area (Å²) in [5.74, 6) is 0.570. The van der Waals surface area contributed by atoms with E-state index in [4.69, 9.17) is 4.74 Å². The number of ether oxygens (including phenoxy) is 1. The molecule has 2 heteroatoms. The Hall–Kier alpha value is -0.790. The summed E-state index contributed by atoms with van der Waals surface area (Å²) in [4.78, 5) is 11.8. The number of esters is 1. The Morgan fingerprint density at radius 1 is 1.35 bits per heavy atom. The Balaban J connectivity index is 2.03. The maximum atomic E-state index is 11.8. The first-order chi connectivity index (χ1) is 8.03. The minimum Gasteiger partial charge on any atom is -0.457 e. The molecule has 0 amide bonds. The summed E-state index contributed by atoms with van der Waals surface area (Å²) >= 11 is 0. The van der Waals surface area contributed by atoms with Gasteiger partial charge in [-0.25, -0.2) is 0 Å². The molecule has 0 N–H and O–H groups in total. The number of fused-ring (bicyclic) bond motifs is 3. The number of hydrogen-bond donors (Lipinski definition) is 0. The molecule has 3 rings (SSSR count). The number of rotatable bonds is 0. The smallest absolute Gasteiger partial charge is 0.309 e. The van der Waals surface area contributed by atoms with Crippen LogP contribution < -0.4 is 0 Å². The number of hydrogen-bond acceptors (Lipinski definition) is 2. The quantitative estimate of drug-likeness (QED) is 0.474. The van der Waals surface area contributed by atoms with Gasteiger partial charge in [-0.15, -0.1) is 0 Å². The van der Waals surface area contributed by atoms with Crippen LogP contribution in [-0.4, -0.2) is 12.1 Å². The Bertz CT molecular complexity index is 396. The van der Waals surface area contributed by atoms with Crippen LogP contribution in [0.2, 0.25) is 0 Å². The van der Waals surface area contributed by atoms with Gasteiger partial charge in [-0.05, 0) is 50.0 Å². The highest BCUT2D eigenvalue weighted by atomic mass is 16.6. The standard InChI is InChI=1S/C15H22O2/c1-9-5-4-7-15(3)8-6-11-10(2)14(16)17-13(11)12(9)15/h10-11,13H,4-8H2,1-3H3/t10-,11+,13+,15-/m1/s1. The van der Waals surface area contributed by atoms with Crippen molar-refractivity contribution in [3.63, 3.8) is 0 Å². The largest absolute Gasteiger partial charge is 0.457 e. The van der Waals surface area contributed by atoms with Crippen molar-refractivity contribution in [2.45, 2.75) is 59.0 Å². The summed E-state index contributed by atoms with van der Waals surface area (Å²) in [6.45, 7) is 6.65. The fourth-order valence-corrected chi connectivity index (χ4v) is 4.29. The van der Waals surface area contributed by atoms with E-state index >= 15 is 0 Å². The van der Waals surface area contributed by atoms with Gasteiger partial charge in [0, 0.05) is 5.92 Å². The number of carbonyl (C=O) groups excluding carboxylic acids is 1. The average molecular weight is 234 g/mol. The predicted octanol–water partition coefficient (Wildman–Crippen LogP) is 3.46. The minimum absolute atomic E-state index is 0.0233. The molecule has 4 atom stereocenters. The molecule has 0 spiro atoms. The lowest BCUT2D eigenvalue weighted by atomic mass is 9.59. The lowest BCUT2D eigenvalue weighted by Crippen LogP contribution is -2.40. The van der Waals surface area contributed by atoms with E-state index in [1.54, 1.807) is 0 Å². The molecule has 0 bridgehead atoms. The molecule has 1 saturated carbocycles. The molecule has 3 aliphatic rings. The summed E-state index contributed by atoms with van der Waals surface area (Å²) < 4.78 is 5.69. The van der Waals surface area contributed by atoms with Gasteiger partial charge < -0.3 is 4.74 Å². The summed E-state index contributed by atoms with van der Waals surface area (Å²) in [6.07, 6.45) is 6.27. The molecule has 0 unspecified atom stereocenters. The van der Waals surface area contributed by atoms with Crippen LogP contribution in [0.25, 0.3) is 0 Å². The minimum atomic E-state index is 0.0233. The van der Waals surface area contributed by atoms with E-state index in [0.29, 0.717) is 11.3 Å². The molecule has 2 fully saturated rings. The summed E-state index contributed by atoms with van der Waals surface area (Å²) in [6, 6.07) is 0. The zero-order valence-electron chi connectivity index (χ0n) is 11.1. The van der Waals surface area contributed by atoms with Crippen LogP contribution in [0.3, 0.4) is 0 Å². The zero-order valence-corrected chi connectivity index (χ0v) is 11.1. The molecule has 1 heterocycles. The molecule has 17 heavy (non-hydrogen) atoms. The van der Waals surface area contributed by atoms with E-state index in [1.165, 1.54) is 36.8 Å². The van der Waals surface area contributed by atoms with Crippen LogP contribution in [0.5, 0.6) is 0 Å². The van der Waals surface area contributed by atoms with E-state index < -0.39 is 0 Å². The lowest BCUT2D eigenvalue weighted by molar-refractivity contribution is -0.143. The van der Waals surface area contributed by atoms with Crippen LogP contribution in [0.4, 0.5) is 0 Å². The van der Waals surface area contributed by atoms with Gasteiger partial charge in [0.05, 0.1) is 5.92 Å². The average Bonchev–Trinajstić information content (AvgIpc) is 2.54. The lowest BCUT2D eigenvalue weighted by Gasteiger charge is -2.46. The van der Waals surface area contributed by atoms with Crippen molar-refractivity contribution >= 4 is 5.97 Å². The predicted molar refractivity (Wildman–Crippen MR) is 66.4 cm³/mol. The Morgan fingerprint density at radius 3 is 2.88 bits per heavy atom. The van der Waals surface area contributed by atoms with Gasteiger partial charge >= 0.3 is 5.97 Å². The highest BCUT2D eigenvalue weighted by Crippen LogP contribution is 2.55. The Labute approximate surface area is 103 Å². The van der Waals surface area contributed by atoms with E-state index in [0.717, 1.165) is 6.42 Å². The van der Waals surface area contributed by atoms with Crippen molar-refractivity contribution in [2.75, 3.05) is 0 Å².